The molecule has 0 fully saturated rings. The fourth-order valence-electron chi connectivity index (χ4n) is 2.63. The highest BCUT2D eigenvalue weighted by Crippen LogP contribution is 2.19. The lowest BCUT2D eigenvalue weighted by molar-refractivity contribution is 0.0998. The Morgan fingerprint density at radius 3 is 2.56 bits per heavy atom. The number of carbonyl (C=O) groups is 1. The third-order valence-electron chi connectivity index (χ3n) is 3.92. The molecule has 0 atom stereocenters. The van der Waals surface area contributed by atoms with Gasteiger partial charge in [0.25, 0.3) is 5.91 Å². The van der Waals surface area contributed by atoms with Crippen molar-refractivity contribution in [3.8, 4) is 0 Å². The van der Waals surface area contributed by atoms with Crippen molar-refractivity contribution in [2.75, 3.05) is 19.0 Å². The van der Waals surface area contributed by atoms with Crippen LogP contribution < -0.4 is 9.70 Å². The first-order chi connectivity index (χ1) is 12.0. The van der Waals surface area contributed by atoms with E-state index in [1.165, 1.54) is 23.5 Å². The predicted molar refractivity (Wildman–Crippen MR) is 101 cm³/mol. The summed E-state index contributed by atoms with van der Waals surface area (Å²) in [5.41, 5.74) is 2.47. The Kier molecular flexibility index (Phi) is 4.99. The van der Waals surface area contributed by atoms with Gasteiger partial charge in [0.05, 0.1) is 10.2 Å². The van der Waals surface area contributed by atoms with Gasteiger partial charge in [0, 0.05) is 31.9 Å². The molecule has 0 spiro atoms. The van der Waals surface area contributed by atoms with Crippen molar-refractivity contribution in [3.05, 3.63) is 58.6 Å². The minimum Gasteiger partial charge on any atom is -0.378 e. The van der Waals surface area contributed by atoms with Gasteiger partial charge in [-0.3, -0.25) is 4.79 Å². The van der Waals surface area contributed by atoms with Gasteiger partial charge in [-0.05, 0) is 48.9 Å². The number of amides is 1. The van der Waals surface area contributed by atoms with Crippen molar-refractivity contribution in [3.63, 3.8) is 0 Å². The normalized spacial score (nSPS) is 11.9. The first-order valence-corrected chi connectivity index (χ1v) is 8.96. The maximum Gasteiger partial charge on any atom is 0.279 e. The second-order valence-electron chi connectivity index (χ2n) is 6.01. The molecule has 0 aliphatic rings. The number of aromatic nitrogens is 1. The molecule has 3 aromatic rings. The number of halogens is 1. The summed E-state index contributed by atoms with van der Waals surface area (Å²) in [6.07, 6.45) is 0.905. The Morgan fingerprint density at radius 1 is 1.20 bits per heavy atom. The van der Waals surface area contributed by atoms with E-state index in [2.05, 4.69) is 11.9 Å². The van der Waals surface area contributed by atoms with Gasteiger partial charge < -0.3 is 9.47 Å². The number of benzene rings is 2. The quantitative estimate of drug-likeness (QED) is 0.706. The van der Waals surface area contributed by atoms with Crippen LogP contribution in [0.25, 0.3) is 10.2 Å². The maximum atomic E-state index is 13.5. The van der Waals surface area contributed by atoms with Gasteiger partial charge in [-0.25, -0.2) is 4.39 Å². The van der Waals surface area contributed by atoms with Crippen LogP contribution in [0.1, 0.15) is 23.7 Å². The minimum absolute atomic E-state index is 0.283. The van der Waals surface area contributed by atoms with Crippen molar-refractivity contribution < 1.29 is 9.18 Å². The number of thiazole rings is 1. The predicted octanol–water partition coefficient (Wildman–Crippen LogP) is 4.06. The van der Waals surface area contributed by atoms with Gasteiger partial charge in [0.15, 0.2) is 4.80 Å². The number of aryl methyl sites for hydroxylation is 1. The van der Waals surface area contributed by atoms with Gasteiger partial charge in [-0.15, -0.1) is 0 Å². The van der Waals surface area contributed by atoms with Crippen molar-refractivity contribution >= 4 is 33.1 Å². The van der Waals surface area contributed by atoms with Crippen molar-refractivity contribution in [2.45, 2.75) is 19.9 Å². The van der Waals surface area contributed by atoms with Crippen LogP contribution in [0.5, 0.6) is 0 Å². The van der Waals surface area contributed by atoms with Crippen LogP contribution in [0.4, 0.5) is 10.1 Å². The topological polar surface area (TPSA) is 37.6 Å². The Labute approximate surface area is 149 Å². The van der Waals surface area contributed by atoms with Crippen LogP contribution in [-0.4, -0.2) is 24.6 Å². The van der Waals surface area contributed by atoms with Crippen LogP contribution in [0.2, 0.25) is 0 Å². The number of hydrogen-bond acceptors (Lipinski definition) is 3. The highest BCUT2D eigenvalue weighted by Gasteiger charge is 2.10. The molecule has 0 saturated heterocycles. The molecule has 0 N–H and O–H groups in total. The molecule has 3 rings (SSSR count). The van der Waals surface area contributed by atoms with Crippen molar-refractivity contribution in [2.24, 2.45) is 4.99 Å². The van der Waals surface area contributed by atoms with Gasteiger partial charge >= 0.3 is 0 Å². The first-order valence-electron chi connectivity index (χ1n) is 8.15. The summed E-state index contributed by atoms with van der Waals surface area (Å²) in [6.45, 7) is 2.79. The second kappa shape index (κ2) is 7.19. The fraction of sp³-hybridized carbons (Fsp3) is 0.263. The fourth-order valence-corrected chi connectivity index (χ4v) is 3.71. The largest absolute Gasteiger partial charge is 0.378 e. The van der Waals surface area contributed by atoms with E-state index in [-0.39, 0.29) is 11.7 Å². The second-order valence-corrected chi connectivity index (χ2v) is 7.02. The van der Waals surface area contributed by atoms with Gasteiger partial charge in [0.1, 0.15) is 5.82 Å². The molecule has 1 aromatic heterocycles. The minimum atomic E-state index is -0.290. The summed E-state index contributed by atoms with van der Waals surface area (Å²) >= 11 is 1.34. The van der Waals surface area contributed by atoms with E-state index in [1.807, 2.05) is 35.7 Å². The molecule has 130 valence electrons. The van der Waals surface area contributed by atoms with E-state index in [0.717, 1.165) is 28.9 Å². The Balaban J connectivity index is 2.04. The Bertz CT molecular complexity index is 970. The number of fused-ring (bicyclic) bond motifs is 1. The standard InChI is InChI=1S/C19H20FN3OS/c1-4-11-23-16-10-7-14(20)12-17(16)25-19(23)21-18(24)13-5-8-15(9-6-13)22(2)3/h5-10,12H,4,11H2,1-3H3. The Morgan fingerprint density at radius 2 is 1.92 bits per heavy atom. The molecule has 0 saturated carbocycles. The molecule has 6 heteroatoms. The van der Waals surface area contributed by atoms with E-state index in [9.17, 15) is 9.18 Å². The SMILES string of the molecule is CCCn1c(=NC(=O)c2ccc(N(C)C)cc2)sc2cc(F)ccc21. The Hall–Kier alpha value is -2.47. The molecule has 0 aliphatic heterocycles. The highest BCUT2D eigenvalue weighted by atomic mass is 32.1. The molecule has 4 nitrogen and oxygen atoms in total. The molecule has 1 heterocycles. The molecule has 2 aromatic carbocycles. The summed E-state index contributed by atoms with van der Waals surface area (Å²) in [4.78, 5) is 19.4. The van der Waals surface area contributed by atoms with Crippen molar-refractivity contribution in [1.82, 2.24) is 4.57 Å². The zero-order valence-corrected chi connectivity index (χ0v) is 15.3. The maximum absolute atomic E-state index is 13.5. The van der Waals surface area contributed by atoms with Crippen LogP contribution in [0, 0.1) is 5.82 Å². The summed E-state index contributed by atoms with van der Waals surface area (Å²) in [5.74, 6) is -0.572. The number of nitrogens with zero attached hydrogens (tertiary/aromatic N) is 3. The summed E-state index contributed by atoms with van der Waals surface area (Å²) in [7, 11) is 3.90. The van der Waals surface area contributed by atoms with Crippen LogP contribution in [0.15, 0.2) is 47.5 Å². The first kappa shape index (κ1) is 17.4. The third-order valence-corrected chi connectivity index (χ3v) is 4.96. The zero-order chi connectivity index (χ0) is 18.0. The molecule has 25 heavy (non-hydrogen) atoms. The molecular weight excluding hydrogens is 337 g/mol. The lowest BCUT2D eigenvalue weighted by atomic mass is 10.2. The van der Waals surface area contributed by atoms with E-state index in [4.69, 9.17) is 0 Å². The van der Waals surface area contributed by atoms with Crippen LogP contribution in [0.3, 0.4) is 0 Å². The van der Waals surface area contributed by atoms with E-state index in [1.54, 1.807) is 18.2 Å². The van der Waals surface area contributed by atoms with E-state index < -0.39 is 0 Å². The summed E-state index contributed by atoms with van der Waals surface area (Å²) < 4.78 is 16.3. The average Bonchev–Trinajstić information content (AvgIpc) is 2.91. The zero-order valence-electron chi connectivity index (χ0n) is 14.5. The third kappa shape index (κ3) is 3.64. The van der Waals surface area contributed by atoms with Crippen molar-refractivity contribution in [1.29, 1.82) is 0 Å². The van der Waals surface area contributed by atoms with Crippen LogP contribution in [-0.2, 0) is 6.54 Å². The summed E-state index contributed by atoms with van der Waals surface area (Å²) in [5, 5.41) is 0. The number of hydrogen-bond donors (Lipinski definition) is 0. The molecule has 0 bridgehead atoms. The van der Waals surface area contributed by atoms with Crippen LogP contribution >= 0.6 is 11.3 Å². The highest BCUT2D eigenvalue weighted by molar-refractivity contribution is 7.16. The van der Waals surface area contributed by atoms with Gasteiger partial charge in [-0.1, -0.05) is 18.3 Å². The number of rotatable bonds is 4. The monoisotopic (exact) mass is 357 g/mol. The molecular formula is C19H20FN3OS. The molecule has 1 amide bonds. The lowest BCUT2D eigenvalue weighted by Crippen LogP contribution is -2.17. The summed E-state index contributed by atoms with van der Waals surface area (Å²) in [6, 6.07) is 12.0. The van der Waals surface area contributed by atoms with E-state index in [0.29, 0.717) is 10.4 Å². The smallest absolute Gasteiger partial charge is 0.279 e. The van der Waals surface area contributed by atoms with E-state index >= 15 is 0 Å². The molecule has 0 radical (unpaired) electrons. The molecule has 0 aliphatic carbocycles. The average molecular weight is 357 g/mol. The number of anilines is 1. The molecule has 0 unspecified atom stereocenters. The lowest BCUT2D eigenvalue weighted by Gasteiger charge is -2.11. The van der Waals surface area contributed by atoms with Gasteiger partial charge in [0.2, 0.25) is 0 Å². The number of carbonyl (C=O) groups excluding carboxylic acids is 1. The van der Waals surface area contributed by atoms with Gasteiger partial charge in [-0.2, -0.15) is 4.99 Å².